The second-order valence-corrected chi connectivity index (χ2v) is 6.66. The Morgan fingerprint density at radius 1 is 1.12 bits per heavy atom. The maximum absolute atomic E-state index is 6.00. The maximum atomic E-state index is 6.00. The van der Waals surface area contributed by atoms with E-state index in [1.54, 1.807) is 13.3 Å². The molecule has 0 radical (unpaired) electrons. The van der Waals surface area contributed by atoms with Crippen molar-refractivity contribution in [2.45, 2.75) is 32.4 Å². The minimum Gasteiger partial charge on any atom is -0.497 e. The summed E-state index contributed by atoms with van der Waals surface area (Å²) in [6, 6.07) is 11.8. The van der Waals surface area contributed by atoms with Gasteiger partial charge in [-0.25, -0.2) is 0 Å². The average molecular weight is 355 g/mol. The number of benzene rings is 1. The first-order valence-corrected chi connectivity index (χ1v) is 9.48. The Bertz CT molecular complexity index is 658. The third-order valence-electron chi connectivity index (χ3n) is 4.74. The first kappa shape index (κ1) is 18.7. The lowest BCUT2D eigenvalue weighted by Crippen LogP contribution is -2.35. The molecule has 140 valence electrons. The quantitative estimate of drug-likeness (QED) is 0.700. The lowest BCUT2D eigenvalue weighted by Gasteiger charge is -2.26. The van der Waals surface area contributed by atoms with E-state index in [0.29, 0.717) is 6.61 Å². The topological polar surface area (TPSA) is 46.6 Å². The minimum atomic E-state index is 0.466. The van der Waals surface area contributed by atoms with Gasteiger partial charge < -0.3 is 19.7 Å². The molecule has 1 N–H and O–H groups in total. The monoisotopic (exact) mass is 355 g/mol. The summed E-state index contributed by atoms with van der Waals surface area (Å²) in [5.74, 6) is 1.73. The molecule has 0 unspecified atom stereocenters. The number of rotatable bonds is 9. The number of hydrogen-bond acceptors (Lipinski definition) is 5. The molecular weight excluding hydrogens is 326 g/mol. The van der Waals surface area contributed by atoms with Crippen LogP contribution in [0.2, 0.25) is 0 Å². The third kappa shape index (κ3) is 5.71. The van der Waals surface area contributed by atoms with Gasteiger partial charge in [0.2, 0.25) is 0 Å². The van der Waals surface area contributed by atoms with Gasteiger partial charge in [-0.3, -0.25) is 4.98 Å². The molecule has 1 aromatic carbocycles. The fourth-order valence-electron chi connectivity index (χ4n) is 3.24. The van der Waals surface area contributed by atoms with Gasteiger partial charge in [-0.15, -0.1) is 0 Å². The van der Waals surface area contributed by atoms with Gasteiger partial charge in [0.25, 0.3) is 0 Å². The molecule has 2 aromatic rings. The molecule has 5 heteroatoms. The standard InChI is InChI=1S/C21H29N3O2/c1-25-20-8-9-21(26-17-19-7-3-4-10-23-19)18(15-20)16-22-11-14-24-12-5-2-6-13-24/h3-4,7-10,15,22H,2,5-6,11-14,16-17H2,1H3. The van der Waals surface area contributed by atoms with Crippen LogP contribution in [0.4, 0.5) is 0 Å². The molecule has 1 aliphatic rings. The summed E-state index contributed by atoms with van der Waals surface area (Å²) >= 11 is 0. The van der Waals surface area contributed by atoms with E-state index in [1.807, 2.05) is 36.4 Å². The zero-order valence-electron chi connectivity index (χ0n) is 15.6. The summed E-state index contributed by atoms with van der Waals surface area (Å²) in [5, 5.41) is 3.55. The van der Waals surface area contributed by atoms with Crippen molar-refractivity contribution in [2.75, 3.05) is 33.3 Å². The van der Waals surface area contributed by atoms with Crippen molar-refractivity contribution >= 4 is 0 Å². The number of aromatic nitrogens is 1. The van der Waals surface area contributed by atoms with E-state index in [9.17, 15) is 0 Å². The summed E-state index contributed by atoms with van der Waals surface area (Å²) in [4.78, 5) is 6.86. The molecule has 0 bridgehead atoms. The highest BCUT2D eigenvalue weighted by atomic mass is 16.5. The summed E-state index contributed by atoms with van der Waals surface area (Å²) < 4.78 is 11.4. The van der Waals surface area contributed by atoms with E-state index in [1.165, 1.54) is 32.4 Å². The number of ether oxygens (including phenoxy) is 2. The SMILES string of the molecule is COc1ccc(OCc2ccccn2)c(CNCCN2CCCCC2)c1. The second-order valence-electron chi connectivity index (χ2n) is 6.66. The van der Waals surface area contributed by atoms with Crippen LogP contribution >= 0.6 is 0 Å². The fraction of sp³-hybridized carbons (Fsp3) is 0.476. The van der Waals surface area contributed by atoms with Crippen LogP contribution in [0.15, 0.2) is 42.6 Å². The molecule has 1 saturated heterocycles. The molecule has 0 spiro atoms. The van der Waals surface area contributed by atoms with E-state index in [2.05, 4.69) is 15.2 Å². The molecule has 5 nitrogen and oxygen atoms in total. The highest BCUT2D eigenvalue weighted by Gasteiger charge is 2.10. The lowest BCUT2D eigenvalue weighted by molar-refractivity contribution is 0.228. The van der Waals surface area contributed by atoms with Crippen LogP contribution in [-0.2, 0) is 13.2 Å². The predicted octanol–water partition coefficient (Wildman–Crippen LogP) is 3.24. The van der Waals surface area contributed by atoms with Crippen molar-refractivity contribution in [2.24, 2.45) is 0 Å². The van der Waals surface area contributed by atoms with Crippen molar-refractivity contribution in [1.29, 1.82) is 0 Å². The van der Waals surface area contributed by atoms with Gasteiger partial charge in [-0.2, -0.15) is 0 Å². The van der Waals surface area contributed by atoms with Crippen LogP contribution in [0.3, 0.4) is 0 Å². The molecule has 1 aliphatic heterocycles. The highest BCUT2D eigenvalue weighted by molar-refractivity contribution is 5.40. The number of methoxy groups -OCH3 is 1. The molecular formula is C21H29N3O2. The number of pyridine rings is 1. The van der Waals surface area contributed by atoms with Gasteiger partial charge in [0, 0.05) is 31.4 Å². The highest BCUT2D eigenvalue weighted by Crippen LogP contribution is 2.25. The molecule has 0 aliphatic carbocycles. The van der Waals surface area contributed by atoms with Crippen LogP contribution in [0.25, 0.3) is 0 Å². The van der Waals surface area contributed by atoms with Crippen LogP contribution in [-0.4, -0.2) is 43.2 Å². The first-order chi connectivity index (χ1) is 12.8. The van der Waals surface area contributed by atoms with Crippen molar-refractivity contribution in [3.63, 3.8) is 0 Å². The number of hydrogen-bond donors (Lipinski definition) is 1. The second kappa shape index (κ2) is 10.1. The first-order valence-electron chi connectivity index (χ1n) is 9.48. The van der Waals surface area contributed by atoms with Crippen molar-refractivity contribution in [1.82, 2.24) is 15.2 Å². The zero-order chi connectivity index (χ0) is 18.0. The van der Waals surface area contributed by atoms with Crippen LogP contribution in [0, 0.1) is 0 Å². The Hall–Kier alpha value is -2.11. The number of nitrogens with zero attached hydrogens (tertiary/aromatic N) is 2. The smallest absolute Gasteiger partial charge is 0.130 e. The summed E-state index contributed by atoms with van der Waals surface area (Å²) in [6.45, 7) is 5.79. The Morgan fingerprint density at radius 3 is 2.77 bits per heavy atom. The van der Waals surface area contributed by atoms with Gasteiger partial charge in [0.15, 0.2) is 0 Å². The predicted molar refractivity (Wildman–Crippen MR) is 104 cm³/mol. The van der Waals surface area contributed by atoms with E-state index >= 15 is 0 Å². The van der Waals surface area contributed by atoms with Crippen molar-refractivity contribution < 1.29 is 9.47 Å². The summed E-state index contributed by atoms with van der Waals surface area (Å²) in [7, 11) is 1.69. The van der Waals surface area contributed by atoms with Gasteiger partial charge in [0.05, 0.1) is 12.8 Å². The van der Waals surface area contributed by atoms with Crippen molar-refractivity contribution in [3.8, 4) is 11.5 Å². The normalized spacial score (nSPS) is 15.0. The van der Waals surface area contributed by atoms with E-state index in [0.717, 1.165) is 42.4 Å². The largest absolute Gasteiger partial charge is 0.497 e. The summed E-state index contributed by atoms with van der Waals surface area (Å²) in [6.07, 6.45) is 5.84. The molecule has 0 amide bonds. The maximum Gasteiger partial charge on any atom is 0.130 e. The summed E-state index contributed by atoms with van der Waals surface area (Å²) in [5.41, 5.74) is 2.03. The molecule has 0 saturated carbocycles. The number of nitrogens with one attached hydrogen (secondary N) is 1. The Labute approximate surface area is 156 Å². The van der Waals surface area contributed by atoms with Gasteiger partial charge in [-0.1, -0.05) is 12.5 Å². The lowest BCUT2D eigenvalue weighted by atomic mass is 10.1. The van der Waals surface area contributed by atoms with Crippen LogP contribution in [0.1, 0.15) is 30.5 Å². The van der Waals surface area contributed by atoms with E-state index < -0.39 is 0 Å². The van der Waals surface area contributed by atoms with Gasteiger partial charge in [-0.05, 0) is 56.3 Å². The Balaban J connectivity index is 1.53. The number of likely N-dealkylation sites (tertiary alicyclic amines) is 1. The molecule has 0 atom stereocenters. The molecule has 3 rings (SSSR count). The average Bonchev–Trinajstić information content (AvgIpc) is 2.71. The van der Waals surface area contributed by atoms with E-state index in [-0.39, 0.29) is 0 Å². The number of piperidine rings is 1. The van der Waals surface area contributed by atoms with E-state index in [4.69, 9.17) is 9.47 Å². The Morgan fingerprint density at radius 2 is 2.00 bits per heavy atom. The van der Waals surface area contributed by atoms with Crippen LogP contribution in [0.5, 0.6) is 11.5 Å². The molecule has 1 aromatic heterocycles. The van der Waals surface area contributed by atoms with Gasteiger partial charge in [0.1, 0.15) is 18.1 Å². The zero-order valence-corrected chi connectivity index (χ0v) is 15.6. The third-order valence-corrected chi connectivity index (χ3v) is 4.74. The van der Waals surface area contributed by atoms with Crippen LogP contribution < -0.4 is 14.8 Å². The van der Waals surface area contributed by atoms with Gasteiger partial charge >= 0.3 is 0 Å². The fourth-order valence-corrected chi connectivity index (χ4v) is 3.24. The molecule has 1 fully saturated rings. The Kier molecular flexibility index (Phi) is 7.28. The van der Waals surface area contributed by atoms with Crippen molar-refractivity contribution in [3.05, 3.63) is 53.9 Å². The minimum absolute atomic E-state index is 0.466. The molecule has 2 heterocycles. The molecule has 26 heavy (non-hydrogen) atoms.